The van der Waals surface area contributed by atoms with E-state index in [-0.39, 0.29) is 5.91 Å². The Balaban J connectivity index is 1.59. The minimum absolute atomic E-state index is 0.320. The maximum Gasteiger partial charge on any atom is 0.248 e. The van der Waals surface area contributed by atoms with Gasteiger partial charge in [0.15, 0.2) is 5.58 Å². The number of carbonyl (C=O) groups excluding carboxylic acids is 1. The van der Waals surface area contributed by atoms with Crippen LogP contribution in [0.5, 0.6) is 0 Å². The summed E-state index contributed by atoms with van der Waals surface area (Å²) in [5, 5.41) is 3.19. The normalized spacial score (nSPS) is 11.6. The Bertz CT molecular complexity index is 1190. The molecule has 0 radical (unpaired) electrons. The number of benzene rings is 2. The highest BCUT2D eigenvalue weighted by Crippen LogP contribution is 2.31. The molecule has 1 amide bonds. The summed E-state index contributed by atoms with van der Waals surface area (Å²) in [5.41, 5.74) is 3.91. The Morgan fingerprint density at radius 2 is 2.03 bits per heavy atom. The summed E-state index contributed by atoms with van der Waals surface area (Å²) in [4.78, 5) is 16.8. The van der Waals surface area contributed by atoms with Crippen molar-refractivity contribution in [3.63, 3.8) is 0 Å². The molecule has 4 aromatic rings. The highest BCUT2D eigenvalue weighted by Gasteiger charge is 2.13. The first-order valence-electron chi connectivity index (χ1n) is 9.22. The van der Waals surface area contributed by atoms with Gasteiger partial charge in [0.05, 0.1) is 17.0 Å². The minimum atomic E-state index is -0.320. The van der Waals surface area contributed by atoms with Gasteiger partial charge in [-0.3, -0.25) is 4.79 Å². The van der Waals surface area contributed by atoms with Gasteiger partial charge in [-0.25, -0.2) is 4.98 Å². The Hall–Kier alpha value is -3.31. The maximum absolute atomic E-state index is 12.2. The van der Waals surface area contributed by atoms with Crippen LogP contribution in [0.25, 0.3) is 28.6 Å². The van der Waals surface area contributed by atoms with Crippen LogP contribution in [0.2, 0.25) is 5.02 Å². The Morgan fingerprint density at radius 1 is 1.17 bits per heavy atom. The molecule has 0 aliphatic rings. The monoisotopic (exact) mass is 406 g/mol. The second kappa shape index (κ2) is 7.97. The number of carbonyl (C=O) groups is 1. The standard InChI is InChI=1S/C23H19ClN2O3/c1-14(2)15-6-9-21-20(12-15)26-23(29-21)16-5-8-18(24)19(13-16)25-22(27)10-7-17-4-3-11-28-17/h3-14H,1-2H3,(H,25,27)/b10-7+. The van der Waals surface area contributed by atoms with E-state index in [1.807, 2.05) is 24.3 Å². The Morgan fingerprint density at radius 3 is 2.79 bits per heavy atom. The van der Waals surface area contributed by atoms with Gasteiger partial charge in [0.25, 0.3) is 0 Å². The number of nitrogens with one attached hydrogen (secondary N) is 1. The summed E-state index contributed by atoms with van der Waals surface area (Å²) in [6.07, 6.45) is 4.51. The van der Waals surface area contributed by atoms with Crippen LogP contribution in [0.15, 0.2) is 69.7 Å². The highest BCUT2D eigenvalue weighted by molar-refractivity contribution is 6.34. The summed E-state index contributed by atoms with van der Waals surface area (Å²) in [6, 6.07) is 14.8. The maximum atomic E-state index is 12.2. The number of furan rings is 1. The molecule has 1 N–H and O–H groups in total. The van der Waals surface area contributed by atoms with Crippen LogP contribution in [0.4, 0.5) is 5.69 Å². The second-order valence-corrected chi connectivity index (χ2v) is 7.34. The largest absolute Gasteiger partial charge is 0.465 e. The molecule has 0 saturated carbocycles. The van der Waals surface area contributed by atoms with Crippen LogP contribution >= 0.6 is 11.6 Å². The van der Waals surface area contributed by atoms with Crippen molar-refractivity contribution >= 4 is 40.4 Å². The molecule has 0 fully saturated rings. The van der Waals surface area contributed by atoms with Crippen molar-refractivity contribution in [1.82, 2.24) is 4.98 Å². The molecule has 0 aliphatic carbocycles. The number of rotatable bonds is 5. The average molecular weight is 407 g/mol. The van der Waals surface area contributed by atoms with Crippen LogP contribution in [0, 0.1) is 0 Å². The van der Waals surface area contributed by atoms with E-state index in [2.05, 4.69) is 24.1 Å². The zero-order chi connectivity index (χ0) is 20.4. The van der Waals surface area contributed by atoms with Crippen molar-refractivity contribution in [2.45, 2.75) is 19.8 Å². The molecule has 29 heavy (non-hydrogen) atoms. The van der Waals surface area contributed by atoms with Gasteiger partial charge in [-0.15, -0.1) is 0 Å². The lowest BCUT2D eigenvalue weighted by Gasteiger charge is -2.06. The smallest absolute Gasteiger partial charge is 0.248 e. The number of hydrogen-bond donors (Lipinski definition) is 1. The van der Waals surface area contributed by atoms with E-state index in [4.69, 9.17) is 20.4 Å². The molecule has 0 saturated heterocycles. The Kier molecular flexibility index (Phi) is 5.23. The van der Waals surface area contributed by atoms with Crippen molar-refractivity contribution in [2.75, 3.05) is 5.32 Å². The lowest BCUT2D eigenvalue weighted by atomic mass is 10.0. The number of oxazole rings is 1. The molecule has 0 atom stereocenters. The third-order valence-corrected chi connectivity index (χ3v) is 4.82. The highest BCUT2D eigenvalue weighted by atomic mass is 35.5. The molecule has 6 heteroatoms. The SMILES string of the molecule is CC(C)c1ccc2oc(-c3ccc(Cl)c(NC(=O)/C=C/c4ccco4)c3)nc2c1. The number of amides is 1. The predicted octanol–water partition coefficient (Wildman–Crippen LogP) is 6.52. The number of hydrogen-bond acceptors (Lipinski definition) is 4. The number of anilines is 1. The first-order chi connectivity index (χ1) is 14.0. The predicted molar refractivity (Wildman–Crippen MR) is 115 cm³/mol. The van der Waals surface area contributed by atoms with Crippen molar-refractivity contribution in [3.05, 3.63) is 77.2 Å². The zero-order valence-corrected chi connectivity index (χ0v) is 16.7. The van der Waals surface area contributed by atoms with Gasteiger partial charge in [-0.2, -0.15) is 0 Å². The fourth-order valence-electron chi connectivity index (χ4n) is 2.90. The molecule has 2 aromatic carbocycles. The third kappa shape index (κ3) is 4.25. The fraction of sp³-hybridized carbons (Fsp3) is 0.130. The molecule has 2 heterocycles. The Labute approximate surface area is 173 Å². The van der Waals surface area contributed by atoms with Crippen LogP contribution < -0.4 is 5.32 Å². The molecule has 0 unspecified atom stereocenters. The molecule has 2 aromatic heterocycles. The van der Waals surface area contributed by atoms with E-state index in [1.165, 1.54) is 11.6 Å². The molecular formula is C23H19ClN2O3. The average Bonchev–Trinajstić information content (AvgIpc) is 3.37. The van der Waals surface area contributed by atoms with Crippen molar-refractivity contribution in [2.24, 2.45) is 0 Å². The molecule has 0 aliphatic heterocycles. The molecule has 0 bridgehead atoms. The molecule has 0 spiro atoms. The number of aromatic nitrogens is 1. The van der Waals surface area contributed by atoms with Crippen LogP contribution in [0.3, 0.4) is 0 Å². The minimum Gasteiger partial charge on any atom is -0.465 e. The first kappa shape index (κ1) is 19.0. The number of fused-ring (bicyclic) bond motifs is 1. The lowest BCUT2D eigenvalue weighted by Crippen LogP contribution is -2.08. The van der Waals surface area contributed by atoms with Crippen LogP contribution in [-0.4, -0.2) is 10.9 Å². The van der Waals surface area contributed by atoms with Gasteiger partial charge in [0.2, 0.25) is 11.8 Å². The van der Waals surface area contributed by atoms with E-state index < -0.39 is 0 Å². The van der Waals surface area contributed by atoms with Crippen molar-refractivity contribution < 1.29 is 13.6 Å². The summed E-state index contributed by atoms with van der Waals surface area (Å²) in [6.45, 7) is 4.27. The van der Waals surface area contributed by atoms with Crippen molar-refractivity contribution in [1.29, 1.82) is 0 Å². The van der Waals surface area contributed by atoms with E-state index in [0.717, 1.165) is 11.1 Å². The second-order valence-electron chi connectivity index (χ2n) is 6.93. The quantitative estimate of drug-likeness (QED) is 0.383. The van der Waals surface area contributed by atoms with Gasteiger partial charge in [0.1, 0.15) is 11.3 Å². The van der Waals surface area contributed by atoms with E-state index in [0.29, 0.717) is 33.9 Å². The van der Waals surface area contributed by atoms with Gasteiger partial charge in [-0.1, -0.05) is 31.5 Å². The fourth-order valence-corrected chi connectivity index (χ4v) is 3.06. The lowest BCUT2D eigenvalue weighted by molar-refractivity contribution is -0.111. The first-order valence-corrected chi connectivity index (χ1v) is 9.60. The summed E-state index contributed by atoms with van der Waals surface area (Å²) < 4.78 is 11.1. The van der Waals surface area contributed by atoms with E-state index >= 15 is 0 Å². The van der Waals surface area contributed by atoms with Gasteiger partial charge in [-0.05, 0) is 60.0 Å². The van der Waals surface area contributed by atoms with Gasteiger partial charge >= 0.3 is 0 Å². The van der Waals surface area contributed by atoms with Crippen molar-refractivity contribution in [3.8, 4) is 11.5 Å². The summed E-state index contributed by atoms with van der Waals surface area (Å²) in [5.74, 6) is 1.15. The van der Waals surface area contributed by atoms with Crippen LogP contribution in [0.1, 0.15) is 31.1 Å². The molecular weight excluding hydrogens is 388 g/mol. The number of nitrogens with zero attached hydrogens (tertiary/aromatic N) is 1. The van der Waals surface area contributed by atoms with E-state index in [9.17, 15) is 4.79 Å². The topological polar surface area (TPSA) is 68.3 Å². The zero-order valence-electron chi connectivity index (χ0n) is 16.0. The summed E-state index contributed by atoms with van der Waals surface area (Å²) in [7, 11) is 0. The van der Waals surface area contributed by atoms with Crippen LogP contribution in [-0.2, 0) is 4.79 Å². The van der Waals surface area contributed by atoms with E-state index in [1.54, 1.807) is 36.6 Å². The van der Waals surface area contributed by atoms with Gasteiger partial charge < -0.3 is 14.2 Å². The van der Waals surface area contributed by atoms with Gasteiger partial charge in [0, 0.05) is 11.6 Å². The molecule has 4 rings (SSSR count). The summed E-state index contributed by atoms with van der Waals surface area (Å²) >= 11 is 6.25. The third-order valence-electron chi connectivity index (χ3n) is 4.49. The molecule has 5 nitrogen and oxygen atoms in total. The molecule has 146 valence electrons. The number of halogens is 1.